The monoisotopic (exact) mass is 835 g/mol. The van der Waals surface area contributed by atoms with Crippen LogP contribution in [-0.4, -0.2) is 61.8 Å². The van der Waals surface area contributed by atoms with Crippen LogP contribution in [-0.2, 0) is 66.1 Å². The fraction of sp³-hybridized carbons (Fsp3) is 0.269. The number of carbonyl (C=O) groups is 2. The highest BCUT2D eigenvalue weighted by molar-refractivity contribution is 5.96. The SMILES string of the molecule is CCOC(=O)[C@H](Cc1ccc(O[C@@H]2O[C@H](COCc3ccccc3)[C@@H](OCc3ccccc3)[C@H](OCc3ccccc3)[C@H]2OCc2ccccc2)cc1)NC(=O)c1ccccc1. The topological polar surface area (TPSA) is 111 Å². The molecule has 0 aromatic heterocycles. The highest BCUT2D eigenvalue weighted by Gasteiger charge is 2.50. The van der Waals surface area contributed by atoms with Crippen LogP contribution in [0.3, 0.4) is 0 Å². The average Bonchev–Trinajstić information content (AvgIpc) is 3.32. The lowest BCUT2D eigenvalue weighted by atomic mass is 9.97. The molecule has 62 heavy (non-hydrogen) atoms. The number of benzene rings is 6. The van der Waals surface area contributed by atoms with Gasteiger partial charge in [0.15, 0.2) is 0 Å². The maximum Gasteiger partial charge on any atom is 0.328 e. The molecule has 1 amide bonds. The Bertz CT molecular complexity index is 2210. The van der Waals surface area contributed by atoms with Crippen molar-refractivity contribution in [2.45, 2.75) is 76.5 Å². The number of esters is 1. The van der Waals surface area contributed by atoms with Gasteiger partial charge in [0.2, 0.25) is 6.29 Å². The molecular weight excluding hydrogens is 783 g/mol. The number of amides is 1. The van der Waals surface area contributed by atoms with Gasteiger partial charge in [-0.05, 0) is 59.0 Å². The van der Waals surface area contributed by atoms with E-state index in [4.69, 9.17) is 33.2 Å². The quantitative estimate of drug-likeness (QED) is 0.0713. The van der Waals surface area contributed by atoms with Gasteiger partial charge in [-0.1, -0.05) is 152 Å². The minimum Gasteiger partial charge on any atom is -0.464 e. The number of hydrogen-bond acceptors (Lipinski definition) is 9. The molecule has 6 aromatic carbocycles. The maximum atomic E-state index is 13.1. The van der Waals surface area contributed by atoms with E-state index in [0.29, 0.717) is 31.1 Å². The van der Waals surface area contributed by atoms with E-state index >= 15 is 0 Å². The van der Waals surface area contributed by atoms with Crippen molar-refractivity contribution >= 4 is 11.9 Å². The maximum absolute atomic E-state index is 13.1. The van der Waals surface area contributed by atoms with Gasteiger partial charge in [-0.25, -0.2) is 4.79 Å². The van der Waals surface area contributed by atoms with Crippen molar-refractivity contribution in [2.24, 2.45) is 0 Å². The standard InChI is InChI=1S/C52H53NO9/c1-2-57-51(55)45(53-50(54)43-26-16-7-17-27-43)32-38-28-30-44(31-29-38)61-52-49(60-36-42-24-14-6-15-25-42)48(59-35-41-22-12-5-13-23-41)47(58-34-40-20-10-4-11-21-40)46(62-52)37-56-33-39-18-8-3-9-19-39/h3-31,45-49,52H,2,32-37H2,1H3,(H,53,54)/t45-,46+,47+,48-,49+,52+/m0/s1. The number of ether oxygens (including phenoxy) is 7. The Balaban J connectivity index is 1.16. The fourth-order valence-electron chi connectivity index (χ4n) is 7.18. The second-order valence-electron chi connectivity index (χ2n) is 14.9. The van der Waals surface area contributed by atoms with E-state index in [0.717, 1.165) is 27.8 Å². The van der Waals surface area contributed by atoms with Crippen molar-refractivity contribution in [2.75, 3.05) is 13.2 Å². The molecule has 320 valence electrons. The molecule has 0 aliphatic carbocycles. The van der Waals surface area contributed by atoms with Gasteiger partial charge in [0.05, 0.1) is 39.6 Å². The Kier molecular flexibility index (Phi) is 16.4. The highest BCUT2D eigenvalue weighted by Crippen LogP contribution is 2.33. The average molecular weight is 836 g/mol. The van der Waals surface area contributed by atoms with Crippen LogP contribution in [0.25, 0.3) is 0 Å². The van der Waals surface area contributed by atoms with Crippen molar-refractivity contribution in [1.29, 1.82) is 0 Å². The van der Waals surface area contributed by atoms with Gasteiger partial charge >= 0.3 is 5.97 Å². The van der Waals surface area contributed by atoms with E-state index < -0.39 is 42.7 Å². The summed E-state index contributed by atoms with van der Waals surface area (Å²) in [6.45, 7) is 3.36. The normalized spacial score (nSPS) is 19.0. The van der Waals surface area contributed by atoms with E-state index in [-0.39, 0.29) is 32.1 Å². The van der Waals surface area contributed by atoms with Crippen LogP contribution in [0, 0.1) is 0 Å². The Morgan fingerprint density at radius 2 is 1.02 bits per heavy atom. The molecule has 7 rings (SSSR count). The Morgan fingerprint density at radius 1 is 0.548 bits per heavy atom. The van der Waals surface area contributed by atoms with Crippen LogP contribution in [0.1, 0.15) is 45.1 Å². The lowest BCUT2D eigenvalue weighted by Gasteiger charge is -2.45. The molecule has 1 saturated heterocycles. The van der Waals surface area contributed by atoms with Crippen LogP contribution in [0.5, 0.6) is 5.75 Å². The van der Waals surface area contributed by atoms with Gasteiger partial charge in [0.25, 0.3) is 5.91 Å². The molecule has 10 nitrogen and oxygen atoms in total. The predicted molar refractivity (Wildman–Crippen MR) is 235 cm³/mol. The summed E-state index contributed by atoms with van der Waals surface area (Å²) in [5.41, 5.74) is 5.24. The first-order valence-electron chi connectivity index (χ1n) is 21.0. The van der Waals surface area contributed by atoms with Crippen molar-refractivity contribution in [3.05, 3.63) is 209 Å². The number of nitrogens with one attached hydrogen (secondary N) is 1. The third kappa shape index (κ3) is 12.9. The minimum absolute atomic E-state index is 0.185. The first-order chi connectivity index (χ1) is 30.5. The summed E-state index contributed by atoms with van der Waals surface area (Å²) in [4.78, 5) is 26.1. The summed E-state index contributed by atoms with van der Waals surface area (Å²) in [5, 5.41) is 2.85. The van der Waals surface area contributed by atoms with Gasteiger partial charge in [0.1, 0.15) is 36.2 Å². The molecule has 0 radical (unpaired) electrons. The van der Waals surface area contributed by atoms with Gasteiger partial charge < -0.3 is 38.5 Å². The molecule has 1 heterocycles. The van der Waals surface area contributed by atoms with Crippen LogP contribution < -0.4 is 10.1 Å². The summed E-state index contributed by atoms with van der Waals surface area (Å²) in [6.07, 6.45) is -3.41. The van der Waals surface area contributed by atoms with E-state index in [1.807, 2.05) is 152 Å². The molecule has 6 aromatic rings. The summed E-state index contributed by atoms with van der Waals surface area (Å²) in [6, 6.07) is 55.1. The summed E-state index contributed by atoms with van der Waals surface area (Å²) >= 11 is 0. The fourth-order valence-corrected chi connectivity index (χ4v) is 7.18. The third-order valence-electron chi connectivity index (χ3n) is 10.4. The molecule has 1 N–H and O–H groups in total. The smallest absolute Gasteiger partial charge is 0.328 e. The molecule has 0 saturated carbocycles. The zero-order valence-electron chi connectivity index (χ0n) is 34.8. The van der Waals surface area contributed by atoms with Crippen LogP contribution in [0.15, 0.2) is 176 Å². The van der Waals surface area contributed by atoms with Crippen molar-refractivity contribution < 1.29 is 42.7 Å². The molecule has 0 unspecified atom stereocenters. The predicted octanol–water partition coefficient (Wildman–Crippen LogP) is 8.67. The molecular formula is C52H53NO9. The molecule has 0 bridgehead atoms. The van der Waals surface area contributed by atoms with Crippen LogP contribution >= 0.6 is 0 Å². The van der Waals surface area contributed by atoms with Crippen molar-refractivity contribution in [1.82, 2.24) is 5.32 Å². The van der Waals surface area contributed by atoms with Crippen LogP contribution in [0.4, 0.5) is 0 Å². The Labute approximate surface area is 363 Å². The van der Waals surface area contributed by atoms with Gasteiger partial charge in [0, 0.05) is 12.0 Å². The van der Waals surface area contributed by atoms with Crippen molar-refractivity contribution in [3.63, 3.8) is 0 Å². The first kappa shape index (κ1) is 43.9. The lowest BCUT2D eigenvalue weighted by molar-refractivity contribution is -0.310. The summed E-state index contributed by atoms with van der Waals surface area (Å²) < 4.78 is 45.7. The van der Waals surface area contributed by atoms with E-state index in [1.165, 1.54) is 0 Å². The molecule has 1 fully saturated rings. The van der Waals surface area contributed by atoms with E-state index in [9.17, 15) is 9.59 Å². The lowest BCUT2D eigenvalue weighted by Crippen LogP contribution is -2.62. The molecule has 0 spiro atoms. The second-order valence-corrected chi connectivity index (χ2v) is 14.9. The first-order valence-corrected chi connectivity index (χ1v) is 21.0. The minimum atomic E-state index is -0.954. The van der Waals surface area contributed by atoms with E-state index in [1.54, 1.807) is 31.2 Å². The molecule has 6 atom stereocenters. The largest absolute Gasteiger partial charge is 0.464 e. The highest BCUT2D eigenvalue weighted by atomic mass is 16.7. The Morgan fingerprint density at radius 3 is 1.53 bits per heavy atom. The Hall–Kier alpha value is -6.14. The van der Waals surface area contributed by atoms with Gasteiger partial charge in [-0.2, -0.15) is 0 Å². The van der Waals surface area contributed by atoms with Gasteiger partial charge in [-0.3, -0.25) is 4.79 Å². The van der Waals surface area contributed by atoms with Crippen molar-refractivity contribution in [3.8, 4) is 5.75 Å². The third-order valence-corrected chi connectivity index (χ3v) is 10.4. The number of rotatable bonds is 21. The summed E-state index contributed by atoms with van der Waals surface area (Å²) in [7, 11) is 0. The molecule has 1 aliphatic heterocycles. The van der Waals surface area contributed by atoms with E-state index in [2.05, 4.69) is 5.32 Å². The zero-order chi connectivity index (χ0) is 42.8. The zero-order valence-corrected chi connectivity index (χ0v) is 34.8. The van der Waals surface area contributed by atoms with Crippen LogP contribution in [0.2, 0.25) is 0 Å². The van der Waals surface area contributed by atoms with Gasteiger partial charge in [-0.15, -0.1) is 0 Å². The summed E-state index contributed by atoms with van der Waals surface area (Å²) in [5.74, 6) is -0.378. The number of carbonyl (C=O) groups excluding carboxylic acids is 2. The second kappa shape index (κ2) is 23.2. The molecule has 10 heteroatoms. The molecule has 1 aliphatic rings. The number of hydrogen-bond donors (Lipinski definition) is 1.